The first-order valence-electron chi connectivity index (χ1n) is 12.9. The van der Waals surface area contributed by atoms with E-state index in [9.17, 15) is 28.8 Å². The molecule has 0 unspecified atom stereocenters. The van der Waals surface area contributed by atoms with E-state index in [1.807, 2.05) is 0 Å². The molecule has 4 rings (SSSR count). The van der Waals surface area contributed by atoms with Crippen LogP contribution in [0.1, 0.15) is 16.7 Å². The molecule has 0 aliphatic carbocycles. The van der Waals surface area contributed by atoms with Crippen LogP contribution in [-0.4, -0.2) is 31.9 Å². The van der Waals surface area contributed by atoms with Crippen LogP contribution < -0.4 is 17.1 Å². The molecule has 0 atom stereocenters. The lowest BCUT2D eigenvalue weighted by atomic mass is 10.1. The van der Waals surface area contributed by atoms with Crippen LogP contribution >= 0.6 is 0 Å². The first-order chi connectivity index (χ1) is 20.4. The van der Waals surface area contributed by atoms with Crippen molar-refractivity contribution in [3.8, 4) is 0 Å². The average Bonchev–Trinajstić information content (AvgIpc) is 3.00. The Bertz CT molecular complexity index is 1630. The second-order valence-corrected chi connectivity index (χ2v) is 9.16. The summed E-state index contributed by atoms with van der Waals surface area (Å²) in [7, 11) is 0. The quantitative estimate of drug-likeness (QED) is 0.190. The van der Waals surface area contributed by atoms with Crippen LogP contribution in [0.3, 0.4) is 0 Å². The van der Waals surface area contributed by atoms with Gasteiger partial charge in [-0.05, 0) is 72.4 Å². The molecule has 0 saturated heterocycles. The molecule has 0 radical (unpaired) electrons. The summed E-state index contributed by atoms with van der Waals surface area (Å²) in [5, 5.41) is 0. The lowest BCUT2D eigenvalue weighted by Crippen LogP contribution is -2.55. The van der Waals surface area contributed by atoms with Crippen molar-refractivity contribution in [2.24, 2.45) is 15.0 Å². The highest BCUT2D eigenvalue weighted by atomic mass is 16.2. The second-order valence-electron chi connectivity index (χ2n) is 9.16. The van der Waals surface area contributed by atoms with Gasteiger partial charge in [0.05, 0.1) is 17.1 Å². The van der Waals surface area contributed by atoms with Crippen molar-refractivity contribution >= 4 is 35.3 Å². The highest BCUT2D eigenvalue weighted by Crippen LogP contribution is 2.14. The first kappa shape index (κ1) is 29.2. The predicted octanol–water partition coefficient (Wildman–Crippen LogP) is 2.80. The molecule has 0 N–H and O–H groups in total. The van der Waals surface area contributed by atoms with Crippen LogP contribution in [0, 0.1) is 0 Å². The first-order valence-corrected chi connectivity index (χ1v) is 12.9. The minimum atomic E-state index is -0.721. The van der Waals surface area contributed by atoms with Gasteiger partial charge in [0.2, 0.25) is 18.2 Å². The number of aliphatic imine (C=N–C) groups is 3. The van der Waals surface area contributed by atoms with Gasteiger partial charge in [0.25, 0.3) is 0 Å². The van der Waals surface area contributed by atoms with E-state index in [0.717, 1.165) is 30.4 Å². The molecule has 1 heterocycles. The van der Waals surface area contributed by atoms with Gasteiger partial charge in [-0.25, -0.2) is 42.5 Å². The number of rotatable bonds is 12. The van der Waals surface area contributed by atoms with E-state index in [4.69, 9.17) is 0 Å². The third-order valence-electron chi connectivity index (χ3n) is 6.59. The maximum atomic E-state index is 13.4. The molecule has 0 bridgehead atoms. The lowest BCUT2D eigenvalue weighted by molar-refractivity contribution is 0.445. The van der Waals surface area contributed by atoms with Crippen LogP contribution in [0.25, 0.3) is 0 Å². The molecule has 0 amide bonds. The molecule has 0 aliphatic rings. The van der Waals surface area contributed by atoms with E-state index >= 15 is 0 Å². The van der Waals surface area contributed by atoms with Gasteiger partial charge in [-0.15, -0.1) is 0 Å². The maximum Gasteiger partial charge on any atom is 0.336 e. The summed E-state index contributed by atoms with van der Waals surface area (Å²) in [6, 6.07) is 20.1. The maximum absolute atomic E-state index is 13.4. The summed E-state index contributed by atoms with van der Waals surface area (Å²) in [6.07, 6.45) is 5.36. The highest BCUT2D eigenvalue weighted by molar-refractivity contribution is 5.50. The van der Waals surface area contributed by atoms with Gasteiger partial charge in [-0.1, -0.05) is 36.4 Å². The number of carbonyl (C=O) groups excluding carboxylic acids is 3. The Morgan fingerprint density at radius 2 is 0.667 bits per heavy atom. The molecular formula is C30H24N6O6. The fourth-order valence-corrected chi connectivity index (χ4v) is 4.35. The summed E-state index contributed by atoms with van der Waals surface area (Å²) >= 11 is 0. The summed E-state index contributed by atoms with van der Waals surface area (Å²) in [4.78, 5) is 82.3. The van der Waals surface area contributed by atoms with Crippen LogP contribution in [0.4, 0.5) is 17.1 Å². The fourth-order valence-electron chi connectivity index (χ4n) is 4.35. The lowest BCUT2D eigenvalue weighted by Gasteiger charge is -2.14. The number of benzene rings is 3. The standard InChI is InChI=1S/C30H24N6O6/c37-19-31-25-7-1-22(2-8-25)13-16-34-28(40)35(17-14-23-3-9-26(10-4-23)32-20-38)30(42)36(29(34)41)18-15-24-5-11-27(12-6-24)33-21-39/h1-12H,13-18H2. The van der Waals surface area contributed by atoms with E-state index in [0.29, 0.717) is 36.3 Å². The minimum Gasteiger partial charge on any atom is -0.247 e. The fraction of sp³-hybridized carbons (Fsp3) is 0.200. The van der Waals surface area contributed by atoms with Crippen molar-refractivity contribution < 1.29 is 14.4 Å². The van der Waals surface area contributed by atoms with E-state index in [-0.39, 0.29) is 19.6 Å². The van der Waals surface area contributed by atoms with Gasteiger partial charge in [0.15, 0.2) is 0 Å². The van der Waals surface area contributed by atoms with Gasteiger partial charge in [-0.2, -0.15) is 15.0 Å². The summed E-state index contributed by atoms with van der Waals surface area (Å²) in [5.41, 5.74) is 1.52. The van der Waals surface area contributed by atoms with Gasteiger partial charge in [0, 0.05) is 19.6 Å². The number of isocyanates is 3. The number of aryl methyl sites for hydroxylation is 3. The Labute approximate surface area is 238 Å². The van der Waals surface area contributed by atoms with E-state index < -0.39 is 17.1 Å². The summed E-state index contributed by atoms with van der Waals surface area (Å²) in [5.74, 6) is 0. The molecule has 0 saturated carbocycles. The Morgan fingerprint density at radius 3 is 0.881 bits per heavy atom. The molecule has 12 nitrogen and oxygen atoms in total. The Morgan fingerprint density at radius 1 is 0.429 bits per heavy atom. The molecule has 0 spiro atoms. The van der Waals surface area contributed by atoms with Crippen molar-refractivity contribution in [3.63, 3.8) is 0 Å². The third kappa shape index (κ3) is 7.24. The molecule has 42 heavy (non-hydrogen) atoms. The zero-order valence-corrected chi connectivity index (χ0v) is 22.3. The Balaban J connectivity index is 1.64. The van der Waals surface area contributed by atoms with Gasteiger partial charge in [0.1, 0.15) is 0 Å². The average molecular weight is 565 g/mol. The monoisotopic (exact) mass is 564 g/mol. The van der Waals surface area contributed by atoms with Crippen LogP contribution in [0.15, 0.2) is 102 Å². The van der Waals surface area contributed by atoms with Crippen molar-refractivity contribution in [2.45, 2.75) is 38.9 Å². The van der Waals surface area contributed by atoms with E-state index in [1.165, 1.54) is 18.2 Å². The third-order valence-corrected chi connectivity index (χ3v) is 6.59. The SMILES string of the molecule is O=C=Nc1ccc(CCn2c(=O)n(CCc3ccc(N=C=O)cc3)c(=O)n(CCc3ccc(N=C=O)cc3)c2=O)cc1. The number of aromatic nitrogens is 3. The molecule has 4 aromatic rings. The van der Waals surface area contributed by atoms with Crippen molar-refractivity contribution in [1.29, 1.82) is 0 Å². The zero-order chi connectivity index (χ0) is 29.9. The summed E-state index contributed by atoms with van der Waals surface area (Å²) < 4.78 is 3.13. The molecule has 0 aliphatic heterocycles. The second kappa shape index (κ2) is 14.0. The van der Waals surface area contributed by atoms with Gasteiger partial charge in [-0.3, -0.25) is 0 Å². The normalized spacial score (nSPS) is 10.3. The van der Waals surface area contributed by atoms with E-state index in [1.54, 1.807) is 72.8 Å². The Hall–Kier alpha value is -5.79. The van der Waals surface area contributed by atoms with Crippen LogP contribution in [0.5, 0.6) is 0 Å². The van der Waals surface area contributed by atoms with E-state index in [2.05, 4.69) is 15.0 Å². The predicted molar refractivity (Wildman–Crippen MR) is 153 cm³/mol. The van der Waals surface area contributed by atoms with Crippen LogP contribution in [-0.2, 0) is 53.3 Å². The number of hydrogen-bond acceptors (Lipinski definition) is 9. The van der Waals surface area contributed by atoms with Crippen LogP contribution in [0.2, 0.25) is 0 Å². The number of nitrogens with zero attached hydrogens (tertiary/aromatic N) is 6. The van der Waals surface area contributed by atoms with Crippen molar-refractivity contribution in [3.05, 3.63) is 121 Å². The molecule has 3 aromatic carbocycles. The van der Waals surface area contributed by atoms with Gasteiger partial charge < -0.3 is 0 Å². The molecular weight excluding hydrogens is 540 g/mol. The molecule has 0 fully saturated rings. The molecule has 210 valence electrons. The highest BCUT2D eigenvalue weighted by Gasteiger charge is 2.16. The molecule has 1 aromatic heterocycles. The smallest absolute Gasteiger partial charge is 0.247 e. The number of hydrogen-bond donors (Lipinski definition) is 0. The molecule has 12 heteroatoms. The zero-order valence-electron chi connectivity index (χ0n) is 22.3. The van der Waals surface area contributed by atoms with Crippen molar-refractivity contribution in [2.75, 3.05) is 0 Å². The largest absolute Gasteiger partial charge is 0.336 e. The summed E-state index contributed by atoms with van der Waals surface area (Å²) in [6.45, 7) is 0.0567. The van der Waals surface area contributed by atoms with Gasteiger partial charge >= 0.3 is 17.1 Å². The Kier molecular flexibility index (Phi) is 9.75. The minimum absolute atomic E-state index is 0.0189. The topological polar surface area (TPSA) is 154 Å². The van der Waals surface area contributed by atoms with Crippen molar-refractivity contribution in [1.82, 2.24) is 13.7 Å².